The molecule has 0 radical (unpaired) electrons. The fourth-order valence-corrected chi connectivity index (χ4v) is 4.47. The Morgan fingerprint density at radius 3 is 1.24 bits per heavy atom. The number of hydrogen-bond donors (Lipinski definition) is 0. The molecule has 6 aromatic rings. The SMILES string of the molecule is Cc1ccnc(-c2cc(/C=C/c3cccc(-c4cccc(/C=C/c5ccnc(-c6cc(C)ccn6)c5)n4)n3)ccn2)c1. The molecule has 0 atom stereocenters. The van der Waals surface area contributed by atoms with Crippen LogP contribution in [0, 0.1) is 13.8 Å². The van der Waals surface area contributed by atoms with Crippen LogP contribution in [0.25, 0.3) is 58.5 Å². The van der Waals surface area contributed by atoms with Gasteiger partial charge < -0.3 is 0 Å². The standard InChI is InChI=1S/C36H28N6/c1-25-13-17-37-33(21-25)35-23-27(15-19-39-35)9-11-29-5-3-7-31(41-29)32-8-4-6-30(42-32)12-10-28-16-20-40-36(24-28)34-22-26(2)14-18-38-34/h3-24H,1-2H3/b11-9+,12-10+. The first-order valence-corrected chi connectivity index (χ1v) is 13.7. The maximum Gasteiger partial charge on any atom is 0.0893 e. The van der Waals surface area contributed by atoms with Gasteiger partial charge in [0.15, 0.2) is 0 Å². The second-order valence-corrected chi connectivity index (χ2v) is 9.95. The van der Waals surface area contributed by atoms with Gasteiger partial charge in [0.2, 0.25) is 0 Å². The molecule has 0 aliphatic rings. The first-order chi connectivity index (χ1) is 20.6. The molecule has 0 aromatic carbocycles. The molecule has 0 spiro atoms. The number of aromatic nitrogens is 6. The fourth-order valence-electron chi connectivity index (χ4n) is 4.47. The average Bonchev–Trinajstić information content (AvgIpc) is 3.03. The minimum absolute atomic E-state index is 0.809. The van der Waals surface area contributed by atoms with Crippen molar-refractivity contribution in [3.8, 4) is 34.2 Å². The molecule has 6 heterocycles. The molecule has 0 fully saturated rings. The third kappa shape index (κ3) is 6.57. The van der Waals surface area contributed by atoms with Gasteiger partial charge in [0, 0.05) is 24.8 Å². The summed E-state index contributed by atoms with van der Waals surface area (Å²) in [4.78, 5) is 27.6. The maximum atomic E-state index is 4.85. The molecule has 0 N–H and O–H groups in total. The third-order valence-electron chi connectivity index (χ3n) is 6.62. The van der Waals surface area contributed by atoms with Crippen LogP contribution in [-0.4, -0.2) is 29.9 Å². The lowest BCUT2D eigenvalue weighted by molar-refractivity contribution is 1.22. The van der Waals surface area contributed by atoms with E-state index in [1.807, 2.05) is 122 Å². The summed E-state index contributed by atoms with van der Waals surface area (Å²) in [6.45, 7) is 4.10. The molecular formula is C36H28N6. The molecule has 0 unspecified atom stereocenters. The van der Waals surface area contributed by atoms with Gasteiger partial charge in [-0.05, 0) is 121 Å². The lowest BCUT2D eigenvalue weighted by Crippen LogP contribution is -1.91. The van der Waals surface area contributed by atoms with E-state index in [1.54, 1.807) is 12.4 Å². The highest BCUT2D eigenvalue weighted by molar-refractivity contribution is 5.73. The number of hydrogen-bond acceptors (Lipinski definition) is 6. The molecule has 0 saturated heterocycles. The van der Waals surface area contributed by atoms with Crippen LogP contribution < -0.4 is 0 Å². The van der Waals surface area contributed by atoms with Crippen LogP contribution in [0.2, 0.25) is 0 Å². The van der Waals surface area contributed by atoms with E-state index >= 15 is 0 Å². The highest BCUT2D eigenvalue weighted by atomic mass is 14.8. The lowest BCUT2D eigenvalue weighted by atomic mass is 10.1. The van der Waals surface area contributed by atoms with Gasteiger partial charge in [-0.2, -0.15) is 0 Å². The van der Waals surface area contributed by atoms with Gasteiger partial charge in [0.1, 0.15) is 0 Å². The minimum atomic E-state index is 0.809. The van der Waals surface area contributed by atoms with Crippen molar-refractivity contribution in [3.05, 3.63) is 143 Å². The molecule has 0 saturated carbocycles. The molecule has 6 aromatic heterocycles. The van der Waals surface area contributed by atoms with Crippen molar-refractivity contribution >= 4 is 24.3 Å². The molecule has 0 aliphatic heterocycles. The van der Waals surface area contributed by atoms with Gasteiger partial charge in [-0.1, -0.05) is 24.3 Å². The van der Waals surface area contributed by atoms with Crippen LogP contribution in [0.3, 0.4) is 0 Å². The van der Waals surface area contributed by atoms with Crippen LogP contribution in [-0.2, 0) is 0 Å². The Morgan fingerprint density at radius 1 is 0.405 bits per heavy atom. The Morgan fingerprint density at radius 2 is 0.810 bits per heavy atom. The lowest BCUT2D eigenvalue weighted by Gasteiger charge is -2.04. The first kappa shape index (κ1) is 26.6. The zero-order valence-electron chi connectivity index (χ0n) is 23.4. The summed E-state index contributed by atoms with van der Waals surface area (Å²) in [7, 11) is 0. The zero-order chi connectivity index (χ0) is 28.7. The fraction of sp³-hybridized carbons (Fsp3) is 0.0556. The van der Waals surface area contributed by atoms with Crippen molar-refractivity contribution in [2.45, 2.75) is 13.8 Å². The second kappa shape index (κ2) is 12.3. The predicted octanol–water partition coefficient (Wildman–Crippen LogP) is 8.02. The summed E-state index contributed by atoms with van der Waals surface area (Å²) in [6.07, 6.45) is 15.3. The molecular weight excluding hydrogens is 516 g/mol. The molecule has 6 nitrogen and oxygen atoms in total. The van der Waals surface area contributed by atoms with Crippen LogP contribution in [0.15, 0.2) is 110 Å². The van der Waals surface area contributed by atoms with Crippen molar-refractivity contribution < 1.29 is 0 Å². The zero-order valence-corrected chi connectivity index (χ0v) is 23.4. The van der Waals surface area contributed by atoms with Crippen LogP contribution in [0.4, 0.5) is 0 Å². The molecule has 42 heavy (non-hydrogen) atoms. The van der Waals surface area contributed by atoms with Gasteiger partial charge in [-0.25, -0.2) is 9.97 Å². The Hall–Kier alpha value is -5.62. The third-order valence-corrected chi connectivity index (χ3v) is 6.62. The van der Waals surface area contributed by atoms with E-state index in [1.165, 1.54) is 0 Å². The van der Waals surface area contributed by atoms with Gasteiger partial charge in [0.25, 0.3) is 0 Å². The van der Waals surface area contributed by atoms with E-state index in [-0.39, 0.29) is 0 Å². The summed E-state index contributed by atoms with van der Waals surface area (Å²) >= 11 is 0. The summed E-state index contributed by atoms with van der Waals surface area (Å²) in [5.41, 5.74) is 11.1. The highest BCUT2D eigenvalue weighted by Crippen LogP contribution is 2.21. The molecule has 0 amide bonds. The van der Waals surface area contributed by atoms with Crippen LogP contribution in [0.5, 0.6) is 0 Å². The van der Waals surface area contributed by atoms with Crippen molar-refractivity contribution in [1.82, 2.24) is 29.9 Å². The molecule has 202 valence electrons. The van der Waals surface area contributed by atoms with Crippen molar-refractivity contribution in [2.24, 2.45) is 0 Å². The number of nitrogens with zero attached hydrogens (tertiary/aromatic N) is 6. The smallest absolute Gasteiger partial charge is 0.0893 e. The first-order valence-electron chi connectivity index (χ1n) is 13.7. The Kier molecular flexibility index (Phi) is 7.77. The monoisotopic (exact) mass is 544 g/mol. The summed E-state index contributed by atoms with van der Waals surface area (Å²) in [6, 6.07) is 28.0. The maximum absolute atomic E-state index is 4.85. The van der Waals surface area contributed by atoms with Gasteiger partial charge >= 0.3 is 0 Å². The van der Waals surface area contributed by atoms with E-state index in [0.29, 0.717) is 0 Å². The molecule has 0 aliphatic carbocycles. The van der Waals surface area contributed by atoms with E-state index in [0.717, 1.165) is 67.8 Å². The Balaban J connectivity index is 1.19. The Bertz CT molecular complexity index is 1780. The van der Waals surface area contributed by atoms with E-state index in [2.05, 4.69) is 33.8 Å². The average molecular weight is 545 g/mol. The molecule has 0 bridgehead atoms. The summed E-state index contributed by atoms with van der Waals surface area (Å²) < 4.78 is 0. The van der Waals surface area contributed by atoms with Gasteiger partial charge in [-0.15, -0.1) is 0 Å². The van der Waals surface area contributed by atoms with Gasteiger partial charge in [0.05, 0.1) is 45.6 Å². The second-order valence-electron chi connectivity index (χ2n) is 9.95. The van der Waals surface area contributed by atoms with Crippen LogP contribution >= 0.6 is 0 Å². The normalized spacial score (nSPS) is 11.4. The highest BCUT2D eigenvalue weighted by Gasteiger charge is 2.05. The van der Waals surface area contributed by atoms with Crippen molar-refractivity contribution in [2.75, 3.05) is 0 Å². The minimum Gasteiger partial charge on any atom is -0.255 e. The van der Waals surface area contributed by atoms with E-state index < -0.39 is 0 Å². The molecule has 6 heteroatoms. The quantitative estimate of drug-likeness (QED) is 0.203. The number of aryl methyl sites for hydroxylation is 2. The summed E-state index contributed by atoms with van der Waals surface area (Å²) in [5.74, 6) is 0. The topological polar surface area (TPSA) is 77.3 Å². The molecule has 6 rings (SSSR count). The Labute approximate surface area is 245 Å². The van der Waals surface area contributed by atoms with Crippen molar-refractivity contribution in [3.63, 3.8) is 0 Å². The van der Waals surface area contributed by atoms with E-state index in [9.17, 15) is 0 Å². The number of rotatable bonds is 7. The number of pyridine rings is 6. The predicted molar refractivity (Wildman–Crippen MR) is 170 cm³/mol. The van der Waals surface area contributed by atoms with Crippen LogP contribution in [0.1, 0.15) is 33.6 Å². The largest absolute Gasteiger partial charge is 0.255 e. The van der Waals surface area contributed by atoms with E-state index in [4.69, 9.17) is 9.97 Å². The van der Waals surface area contributed by atoms with Gasteiger partial charge in [-0.3, -0.25) is 19.9 Å². The summed E-state index contributed by atoms with van der Waals surface area (Å²) in [5, 5.41) is 0. The van der Waals surface area contributed by atoms with Crippen molar-refractivity contribution in [1.29, 1.82) is 0 Å².